The predicted octanol–water partition coefficient (Wildman–Crippen LogP) is 3.50. The molecule has 0 aliphatic rings. The van der Waals surface area contributed by atoms with Crippen LogP contribution in [0.25, 0.3) is 0 Å². The maximum Gasteiger partial charge on any atom is 0.262 e. The Kier molecular flexibility index (Phi) is 4.80. The number of anilines is 2. The van der Waals surface area contributed by atoms with E-state index in [-0.39, 0.29) is 12.5 Å². The summed E-state index contributed by atoms with van der Waals surface area (Å²) in [5, 5.41) is 2.60. The minimum absolute atomic E-state index is 0.203. The Hall–Kier alpha value is -2.08. The van der Waals surface area contributed by atoms with E-state index in [4.69, 9.17) is 10.5 Å². The molecule has 2 rings (SSSR count). The highest BCUT2D eigenvalue weighted by molar-refractivity contribution is 9.10. The average molecular weight is 353 g/mol. The van der Waals surface area contributed by atoms with Gasteiger partial charge in [-0.05, 0) is 52.7 Å². The number of amides is 1. The van der Waals surface area contributed by atoms with Crippen molar-refractivity contribution in [3.05, 3.63) is 52.3 Å². The van der Waals surface area contributed by atoms with Crippen LogP contribution in [0, 0.1) is 12.7 Å². The molecule has 0 aromatic heterocycles. The second kappa shape index (κ2) is 6.58. The molecule has 0 fully saturated rings. The van der Waals surface area contributed by atoms with Crippen molar-refractivity contribution in [3.8, 4) is 5.75 Å². The van der Waals surface area contributed by atoms with Gasteiger partial charge in [0.2, 0.25) is 0 Å². The van der Waals surface area contributed by atoms with Gasteiger partial charge < -0.3 is 15.8 Å². The van der Waals surface area contributed by atoms with E-state index in [9.17, 15) is 9.18 Å². The highest BCUT2D eigenvalue weighted by Gasteiger charge is 2.10. The van der Waals surface area contributed by atoms with Crippen molar-refractivity contribution in [2.45, 2.75) is 6.92 Å². The van der Waals surface area contributed by atoms with E-state index in [0.717, 1.165) is 5.56 Å². The van der Waals surface area contributed by atoms with Crippen molar-refractivity contribution in [2.75, 3.05) is 17.7 Å². The van der Waals surface area contributed by atoms with Crippen LogP contribution < -0.4 is 15.8 Å². The molecule has 0 aliphatic heterocycles. The molecular weight excluding hydrogens is 339 g/mol. The monoisotopic (exact) mass is 352 g/mol. The number of nitrogens with one attached hydrogen (secondary N) is 1. The Morgan fingerprint density at radius 3 is 2.81 bits per heavy atom. The summed E-state index contributed by atoms with van der Waals surface area (Å²) in [7, 11) is 0. The third-order valence-corrected chi connectivity index (χ3v) is 3.43. The first-order valence-corrected chi connectivity index (χ1v) is 6.99. The fourth-order valence-corrected chi connectivity index (χ4v) is 2.18. The minimum Gasteiger partial charge on any atom is -0.482 e. The van der Waals surface area contributed by atoms with Gasteiger partial charge in [-0.3, -0.25) is 4.79 Å². The van der Waals surface area contributed by atoms with Gasteiger partial charge in [-0.2, -0.15) is 0 Å². The van der Waals surface area contributed by atoms with E-state index in [1.807, 2.05) is 0 Å². The number of rotatable bonds is 4. The Labute approximate surface area is 130 Å². The van der Waals surface area contributed by atoms with Crippen LogP contribution in [0.3, 0.4) is 0 Å². The number of nitrogen functional groups attached to an aromatic ring is 1. The zero-order valence-electron chi connectivity index (χ0n) is 11.3. The summed E-state index contributed by atoms with van der Waals surface area (Å²) < 4.78 is 19.1. The smallest absolute Gasteiger partial charge is 0.262 e. The summed E-state index contributed by atoms with van der Waals surface area (Å²) in [6, 6.07) is 9.75. The van der Waals surface area contributed by atoms with Crippen LogP contribution in [-0.4, -0.2) is 12.5 Å². The molecule has 0 radical (unpaired) electrons. The minimum atomic E-state index is -0.441. The zero-order chi connectivity index (χ0) is 15.4. The van der Waals surface area contributed by atoms with Gasteiger partial charge in [-0.25, -0.2) is 4.39 Å². The van der Waals surface area contributed by atoms with Gasteiger partial charge in [0.15, 0.2) is 6.61 Å². The largest absolute Gasteiger partial charge is 0.482 e. The number of para-hydroxylation sites is 2. The lowest BCUT2D eigenvalue weighted by Crippen LogP contribution is -2.21. The van der Waals surface area contributed by atoms with E-state index in [1.165, 1.54) is 6.07 Å². The quantitative estimate of drug-likeness (QED) is 0.827. The van der Waals surface area contributed by atoms with Gasteiger partial charge in [0.25, 0.3) is 5.91 Å². The van der Waals surface area contributed by atoms with Crippen LogP contribution in [0.2, 0.25) is 0 Å². The van der Waals surface area contributed by atoms with Gasteiger partial charge in [-0.15, -0.1) is 0 Å². The van der Waals surface area contributed by atoms with Crippen LogP contribution in [0.15, 0.2) is 40.9 Å². The number of ether oxygens (including phenoxy) is 1. The first-order valence-electron chi connectivity index (χ1n) is 6.20. The second-order valence-electron chi connectivity index (χ2n) is 4.46. The summed E-state index contributed by atoms with van der Waals surface area (Å²) in [6.07, 6.45) is 0. The zero-order valence-corrected chi connectivity index (χ0v) is 12.9. The summed E-state index contributed by atoms with van der Waals surface area (Å²) in [4.78, 5) is 11.8. The van der Waals surface area contributed by atoms with Gasteiger partial charge >= 0.3 is 0 Å². The lowest BCUT2D eigenvalue weighted by Gasteiger charge is -2.11. The predicted molar refractivity (Wildman–Crippen MR) is 83.8 cm³/mol. The van der Waals surface area contributed by atoms with E-state index in [0.29, 0.717) is 21.6 Å². The lowest BCUT2D eigenvalue weighted by atomic mass is 10.2. The third-order valence-electron chi connectivity index (χ3n) is 2.82. The van der Waals surface area contributed by atoms with Gasteiger partial charge in [0.1, 0.15) is 11.6 Å². The molecule has 3 N–H and O–H groups in total. The second-order valence-corrected chi connectivity index (χ2v) is 5.31. The molecule has 0 unspecified atom stereocenters. The topological polar surface area (TPSA) is 64.3 Å². The van der Waals surface area contributed by atoms with Crippen molar-refractivity contribution in [1.29, 1.82) is 0 Å². The molecule has 0 spiro atoms. The summed E-state index contributed by atoms with van der Waals surface area (Å²) in [5.74, 6) is -0.390. The number of hydrogen-bond donors (Lipinski definition) is 2. The first kappa shape index (κ1) is 15.3. The molecule has 110 valence electrons. The van der Waals surface area contributed by atoms with Gasteiger partial charge in [0.05, 0.1) is 10.2 Å². The first-order chi connectivity index (χ1) is 9.97. The van der Waals surface area contributed by atoms with Crippen molar-refractivity contribution >= 4 is 33.2 Å². The normalized spacial score (nSPS) is 10.2. The Morgan fingerprint density at radius 2 is 2.10 bits per heavy atom. The molecule has 0 bridgehead atoms. The van der Waals surface area contributed by atoms with Crippen molar-refractivity contribution in [1.82, 2.24) is 0 Å². The van der Waals surface area contributed by atoms with Crippen molar-refractivity contribution < 1.29 is 13.9 Å². The van der Waals surface area contributed by atoms with E-state index in [1.54, 1.807) is 37.3 Å². The molecule has 2 aromatic rings. The number of carbonyl (C=O) groups is 1. The fourth-order valence-electron chi connectivity index (χ4n) is 1.72. The molecule has 21 heavy (non-hydrogen) atoms. The molecule has 2 aromatic carbocycles. The van der Waals surface area contributed by atoms with Gasteiger partial charge in [-0.1, -0.05) is 12.1 Å². The Bertz CT molecular complexity index is 677. The highest BCUT2D eigenvalue weighted by atomic mass is 79.9. The highest BCUT2D eigenvalue weighted by Crippen LogP contribution is 2.24. The molecule has 0 saturated heterocycles. The molecule has 1 amide bonds. The molecular formula is C15H14BrFN2O2. The van der Waals surface area contributed by atoms with Crippen LogP contribution in [0.5, 0.6) is 5.75 Å². The number of hydrogen-bond acceptors (Lipinski definition) is 3. The number of halogens is 2. The van der Waals surface area contributed by atoms with E-state index < -0.39 is 5.82 Å². The van der Waals surface area contributed by atoms with Crippen LogP contribution in [0.1, 0.15) is 5.56 Å². The Morgan fingerprint density at radius 1 is 1.38 bits per heavy atom. The standard InChI is InChI=1S/C15H14BrFN2O2/c1-9-6-10(16)11(17)7-13(9)19-15(20)8-21-14-5-3-2-4-12(14)18/h2-7H,8,18H2,1H3,(H,19,20). The Balaban J connectivity index is 1.99. The van der Waals surface area contributed by atoms with E-state index >= 15 is 0 Å². The maximum absolute atomic E-state index is 13.5. The summed E-state index contributed by atoms with van der Waals surface area (Å²) in [5.41, 5.74) is 7.32. The summed E-state index contributed by atoms with van der Waals surface area (Å²) >= 11 is 3.09. The molecule has 0 saturated carbocycles. The molecule has 4 nitrogen and oxygen atoms in total. The molecule has 0 heterocycles. The third kappa shape index (κ3) is 3.95. The molecule has 6 heteroatoms. The number of carbonyl (C=O) groups excluding carboxylic acids is 1. The fraction of sp³-hybridized carbons (Fsp3) is 0.133. The molecule has 0 aliphatic carbocycles. The van der Waals surface area contributed by atoms with E-state index in [2.05, 4.69) is 21.2 Å². The van der Waals surface area contributed by atoms with Gasteiger partial charge in [0, 0.05) is 5.69 Å². The number of benzene rings is 2. The van der Waals surface area contributed by atoms with Crippen molar-refractivity contribution in [2.24, 2.45) is 0 Å². The lowest BCUT2D eigenvalue weighted by molar-refractivity contribution is -0.118. The molecule has 0 atom stereocenters. The summed E-state index contributed by atoms with van der Waals surface area (Å²) in [6.45, 7) is 1.57. The average Bonchev–Trinajstić information content (AvgIpc) is 2.44. The maximum atomic E-state index is 13.5. The number of aryl methyl sites for hydroxylation is 1. The van der Waals surface area contributed by atoms with Crippen molar-refractivity contribution in [3.63, 3.8) is 0 Å². The SMILES string of the molecule is Cc1cc(Br)c(F)cc1NC(=O)COc1ccccc1N. The van der Waals surface area contributed by atoms with Crippen LogP contribution >= 0.6 is 15.9 Å². The van der Waals surface area contributed by atoms with Crippen LogP contribution in [0.4, 0.5) is 15.8 Å². The number of nitrogens with two attached hydrogens (primary N) is 1. The van der Waals surface area contributed by atoms with Crippen LogP contribution in [-0.2, 0) is 4.79 Å².